The monoisotopic (exact) mass is 991 g/mol. The quantitative estimate of drug-likeness (QED) is 0.0199. The van der Waals surface area contributed by atoms with E-state index in [0.29, 0.717) is 19.3 Å². The van der Waals surface area contributed by atoms with Crippen LogP contribution in [0.15, 0.2) is 158 Å². The summed E-state index contributed by atoms with van der Waals surface area (Å²) in [4.78, 5) is 38.1. The van der Waals surface area contributed by atoms with Gasteiger partial charge in [-0.25, -0.2) is 0 Å². The summed E-state index contributed by atoms with van der Waals surface area (Å²) in [5.74, 6) is -1.07. The van der Waals surface area contributed by atoms with E-state index in [4.69, 9.17) is 14.2 Å². The molecule has 0 heterocycles. The molecule has 6 nitrogen and oxygen atoms in total. The van der Waals surface area contributed by atoms with Gasteiger partial charge in [0.1, 0.15) is 13.2 Å². The van der Waals surface area contributed by atoms with Crippen LogP contribution in [0.2, 0.25) is 0 Å². The number of unbranched alkanes of at least 4 members (excludes halogenated alkanes) is 18. The van der Waals surface area contributed by atoms with Gasteiger partial charge in [-0.2, -0.15) is 0 Å². The second-order valence-electron chi connectivity index (χ2n) is 18.3. The molecule has 0 saturated heterocycles. The molecule has 0 rings (SSSR count). The van der Waals surface area contributed by atoms with Crippen molar-refractivity contribution >= 4 is 17.9 Å². The molecule has 0 N–H and O–H groups in total. The van der Waals surface area contributed by atoms with Crippen LogP contribution in [0.25, 0.3) is 0 Å². The van der Waals surface area contributed by atoms with Gasteiger partial charge in [0.05, 0.1) is 0 Å². The zero-order chi connectivity index (χ0) is 52.2. The van der Waals surface area contributed by atoms with Crippen molar-refractivity contribution in [3.05, 3.63) is 158 Å². The molecule has 0 bridgehead atoms. The Morgan fingerprint density at radius 2 is 0.639 bits per heavy atom. The number of ether oxygens (including phenoxy) is 3. The van der Waals surface area contributed by atoms with Crippen molar-refractivity contribution in [3.63, 3.8) is 0 Å². The van der Waals surface area contributed by atoms with Crippen LogP contribution in [-0.2, 0) is 28.6 Å². The molecular weight excluding hydrogens is 889 g/mol. The third kappa shape index (κ3) is 56.0. The van der Waals surface area contributed by atoms with E-state index in [1.165, 1.54) is 83.5 Å². The largest absolute Gasteiger partial charge is 0.462 e. The third-order valence-corrected chi connectivity index (χ3v) is 11.5. The van der Waals surface area contributed by atoms with E-state index in [0.717, 1.165) is 83.5 Å². The van der Waals surface area contributed by atoms with Crippen molar-refractivity contribution in [1.82, 2.24) is 0 Å². The van der Waals surface area contributed by atoms with Crippen molar-refractivity contribution in [2.75, 3.05) is 13.2 Å². The fraction of sp³-hybridized carbons (Fsp3) is 0.561. The van der Waals surface area contributed by atoms with E-state index < -0.39 is 12.1 Å². The fourth-order valence-electron chi connectivity index (χ4n) is 7.27. The minimum atomic E-state index is -0.845. The highest BCUT2D eigenvalue weighted by molar-refractivity contribution is 5.71. The Morgan fingerprint density at radius 3 is 1.04 bits per heavy atom. The molecule has 0 aromatic carbocycles. The van der Waals surface area contributed by atoms with Crippen LogP contribution in [-0.4, -0.2) is 37.2 Å². The number of carbonyl (C=O) groups is 3. The summed E-state index contributed by atoms with van der Waals surface area (Å²) >= 11 is 0. The molecule has 0 amide bonds. The van der Waals surface area contributed by atoms with Crippen LogP contribution >= 0.6 is 0 Å². The van der Waals surface area contributed by atoms with Crippen LogP contribution in [0, 0.1) is 0 Å². The lowest BCUT2D eigenvalue weighted by Crippen LogP contribution is -2.30. The van der Waals surface area contributed by atoms with E-state index in [9.17, 15) is 14.4 Å². The zero-order valence-corrected chi connectivity index (χ0v) is 45.9. The molecule has 0 saturated carbocycles. The minimum Gasteiger partial charge on any atom is -0.462 e. The highest BCUT2D eigenvalue weighted by atomic mass is 16.6. The highest BCUT2D eigenvalue weighted by Crippen LogP contribution is 2.15. The molecule has 0 aromatic rings. The maximum atomic E-state index is 12.8. The highest BCUT2D eigenvalue weighted by Gasteiger charge is 2.19. The molecule has 402 valence electrons. The third-order valence-electron chi connectivity index (χ3n) is 11.5. The minimum absolute atomic E-state index is 0.128. The van der Waals surface area contributed by atoms with Gasteiger partial charge >= 0.3 is 17.9 Å². The molecule has 6 heteroatoms. The van der Waals surface area contributed by atoms with Gasteiger partial charge < -0.3 is 14.2 Å². The SMILES string of the molecule is CC\C=C/C=C\C=C/C=C\C=C\C=C/C=C\CCCCCC(=O)OCC(COC(=O)CCCCCCCCCCCCCCCCCC)OC(=O)CC/C=C\C/C=C\C/C=C\C/C=C\C/C=C\C/C=C\CC. The molecule has 0 aliphatic rings. The van der Waals surface area contributed by atoms with Crippen LogP contribution in [0.1, 0.15) is 220 Å². The first-order valence-corrected chi connectivity index (χ1v) is 28.6. The normalized spacial score (nSPS) is 13.3. The Labute approximate surface area is 441 Å². The lowest BCUT2D eigenvalue weighted by molar-refractivity contribution is -0.166. The Morgan fingerprint density at radius 1 is 0.306 bits per heavy atom. The van der Waals surface area contributed by atoms with Crippen molar-refractivity contribution < 1.29 is 28.6 Å². The van der Waals surface area contributed by atoms with Crippen LogP contribution < -0.4 is 0 Å². The maximum absolute atomic E-state index is 12.8. The molecule has 1 atom stereocenters. The average molecular weight is 992 g/mol. The molecule has 72 heavy (non-hydrogen) atoms. The van der Waals surface area contributed by atoms with E-state index in [2.05, 4.69) is 93.7 Å². The predicted molar refractivity (Wildman–Crippen MR) is 311 cm³/mol. The molecule has 0 aliphatic carbocycles. The molecule has 0 fully saturated rings. The first-order chi connectivity index (χ1) is 35.5. The van der Waals surface area contributed by atoms with E-state index in [1.807, 2.05) is 85.1 Å². The first kappa shape index (κ1) is 67.0. The topological polar surface area (TPSA) is 78.9 Å². The van der Waals surface area contributed by atoms with Gasteiger partial charge in [-0.1, -0.05) is 281 Å². The second kappa shape index (κ2) is 58.6. The molecule has 0 aromatic heterocycles. The van der Waals surface area contributed by atoms with E-state index >= 15 is 0 Å². The standard InChI is InChI=1S/C66H102O6/c1-4-7-10-13-16-19-22-25-28-31-33-35-38-41-44-47-50-53-56-59-65(68)71-62-63(61-70-64(67)58-55-52-49-46-43-40-37-30-27-24-21-18-15-12-9-6-3)72-66(69)60-57-54-51-48-45-42-39-36-34-32-29-26-23-20-17-14-11-8-5-2/h7-8,10-11,13,16-17,19-20,22,25-26,28-29,31,33-36,38,41-42,44-45,51,54,63H,4-6,9,12,14-15,18,21,23-24,27,30,32,37,39-40,43,46-50,52-53,55-62H2,1-3H3/b10-7-,11-8-,16-13-,20-17-,22-19-,28-25-,29-26-,33-31+,36-34-,38-35-,44-41-,45-42-,54-51-. The Hall–Kier alpha value is -4.97. The lowest BCUT2D eigenvalue weighted by atomic mass is 10.0. The van der Waals surface area contributed by atoms with E-state index in [-0.39, 0.29) is 38.0 Å². The maximum Gasteiger partial charge on any atom is 0.306 e. The lowest BCUT2D eigenvalue weighted by Gasteiger charge is -2.18. The smallest absolute Gasteiger partial charge is 0.306 e. The van der Waals surface area contributed by atoms with Gasteiger partial charge in [0, 0.05) is 19.3 Å². The molecule has 0 spiro atoms. The molecule has 0 aliphatic heterocycles. The van der Waals surface area contributed by atoms with Crippen LogP contribution in [0.4, 0.5) is 0 Å². The van der Waals surface area contributed by atoms with Crippen molar-refractivity contribution in [1.29, 1.82) is 0 Å². The molecule has 0 radical (unpaired) electrons. The summed E-state index contributed by atoms with van der Waals surface area (Å²) in [5.41, 5.74) is 0. The zero-order valence-electron chi connectivity index (χ0n) is 45.9. The number of hydrogen-bond donors (Lipinski definition) is 0. The molecular formula is C66H102O6. The average Bonchev–Trinajstić information content (AvgIpc) is 3.38. The van der Waals surface area contributed by atoms with Crippen LogP contribution in [0.3, 0.4) is 0 Å². The van der Waals surface area contributed by atoms with Gasteiger partial charge in [0.15, 0.2) is 6.10 Å². The number of allylic oxidation sites excluding steroid dienone is 26. The van der Waals surface area contributed by atoms with Crippen LogP contribution in [0.5, 0.6) is 0 Å². The predicted octanol–water partition coefficient (Wildman–Crippen LogP) is 19.4. The number of rotatable bonds is 49. The number of esters is 3. The Kier molecular flexibility index (Phi) is 54.6. The number of carbonyl (C=O) groups excluding carboxylic acids is 3. The summed E-state index contributed by atoms with van der Waals surface area (Å²) in [7, 11) is 0. The van der Waals surface area contributed by atoms with Gasteiger partial charge in [-0.3, -0.25) is 14.4 Å². The fourth-order valence-corrected chi connectivity index (χ4v) is 7.27. The second-order valence-corrected chi connectivity index (χ2v) is 18.3. The Bertz CT molecular complexity index is 1660. The van der Waals surface area contributed by atoms with Gasteiger partial charge in [0.2, 0.25) is 0 Å². The summed E-state index contributed by atoms with van der Waals surface area (Å²) in [6, 6.07) is 0. The van der Waals surface area contributed by atoms with Gasteiger partial charge in [0.25, 0.3) is 0 Å². The Balaban J connectivity index is 4.63. The summed E-state index contributed by atoms with van der Waals surface area (Å²) < 4.78 is 16.8. The van der Waals surface area contributed by atoms with Gasteiger partial charge in [-0.05, 0) is 77.0 Å². The van der Waals surface area contributed by atoms with Gasteiger partial charge in [-0.15, -0.1) is 0 Å². The number of hydrogen-bond acceptors (Lipinski definition) is 6. The summed E-state index contributed by atoms with van der Waals surface area (Å²) in [5, 5.41) is 0. The summed E-state index contributed by atoms with van der Waals surface area (Å²) in [6.07, 6.45) is 85.2. The van der Waals surface area contributed by atoms with E-state index in [1.54, 1.807) is 0 Å². The summed E-state index contributed by atoms with van der Waals surface area (Å²) in [6.45, 7) is 6.27. The molecule has 1 unspecified atom stereocenters. The van der Waals surface area contributed by atoms with Crippen molar-refractivity contribution in [2.45, 2.75) is 226 Å². The first-order valence-electron chi connectivity index (χ1n) is 28.6. The van der Waals surface area contributed by atoms with Crippen molar-refractivity contribution in [2.24, 2.45) is 0 Å². The van der Waals surface area contributed by atoms with Crippen molar-refractivity contribution in [3.8, 4) is 0 Å².